The highest BCUT2D eigenvalue weighted by molar-refractivity contribution is 6.32. The summed E-state index contributed by atoms with van der Waals surface area (Å²) in [6.45, 7) is 8.25. The molecule has 3 aromatic heterocycles. The van der Waals surface area contributed by atoms with Gasteiger partial charge in [0.05, 0.1) is 28.4 Å². The second kappa shape index (κ2) is 10.1. The lowest BCUT2D eigenvalue weighted by Crippen LogP contribution is -2.49. The third-order valence-electron chi connectivity index (χ3n) is 6.22. The number of piperazine rings is 1. The van der Waals surface area contributed by atoms with E-state index in [4.69, 9.17) is 25.7 Å². The van der Waals surface area contributed by atoms with Crippen LogP contribution in [0.4, 0.5) is 0 Å². The van der Waals surface area contributed by atoms with Gasteiger partial charge in [-0.25, -0.2) is 9.67 Å². The first kappa shape index (κ1) is 23.4. The van der Waals surface area contributed by atoms with Gasteiger partial charge in [-0.2, -0.15) is 5.10 Å². The van der Waals surface area contributed by atoms with Crippen molar-refractivity contribution in [1.82, 2.24) is 24.6 Å². The minimum Gasteiger partial charge on any atom is -0.491 e. The van der Waals surface area contributed by atoms with Crippen LogP contribution < -0.4 is 4.74 Å². The van der Waals surface area contributed by atoms with Gasteiger partial charge >= 0.3 is 0 Å². The Morgan fingerprint density at radius 2 is 1.94 bits per heavy atom. The fourth-order valence-corrected chi connectivity index (χ4v) is 4.51. The van der Waals surface area contributed by atoms with Gasteiger partial charge < -0.3 is 14.1 Å². The molecule has 0 spiro atoms. The molecule has 4 aromatic rings. The summed E-state index contributed by atoms with van der Waals surface area (Å²) >= 11 is 6.16. The lowest BCUT2D eigenvalue weighted by atomic mass is 10.1. The van der Waals surface area contributed by atoms with Crippen molar-refractivity contribution < 1.29 is 13.9 Å². The summed E-state index contributed by atoms with van der Waals surface area (Å²) in [6.07, 6.45) is 3.35. The second-order valence-corrected chi connectivity index (χ2v) is 9.27. The maximum absolute atomic E-state index is 13.6. The van der Waals surface area contributed by atoms with E-state index in [0.29, 0.717) is 53.1 Å². The van der Waals surface area contributed by atoms with Gasteiger partial charge in [0, 0.05) is 38.8 Å². The Hall–Kier alpha value is -3.36. The van der Waals surface area contributed by atoms with Crippen molar-refractivity contribution in [3.63, 3.8) is 0 Å². The average Bonchev–Trinajstić information content (AvgIpc) is 3.55. The molecule has 1 saturated heterocycles. The normalized spacial score (nSPS) is 14.7. The maximum Gasteiger partial charge on any atom is 0.254 e. The molecule has 0 atom stereocenters. The number of hydrogen-bond donors (Lipinski definition) is 0. The van der Waals surface area contributed by atoms with Crippen LogP contribution in [-0.2, 0) is 0 Å². The van der Waals surface area contributed by atoms with Gasteiger partial charge in [0.25, 0.3) is 5.91 Å². The number of ether oxygens (including phenoxy) is 1. The standard InChI is InChI=1S/C26H28ClN5O3/c1-18(2)32-25-20(17-28-32)19(16-22(29-25)24-8-5-14-34-24)26(33)31-11-9-30(10-12-31)13-15-35-23-7-4-3-6-21(23)27/h3-8,14,16-18H,9-13,15H2,1-2H3. The fraction of sp³-hybridized carbons (Fsp3) is 0.346. The molecular weight excluding hydrogens is 466 g/mol. The lowest BCUT2D eigenvalue weighted by molar-refractivity contribution is 0.0622. The van der Waals surface area contributed by atoms with E-state index in [1.54, 1.807) is 12.5 Å². The number of hydrogen-bond acceptors (Lipinski definition) is 6. The molecule has 1 aromatic carbocycles. The van der Waals surface area contributed by atoms with E-state index in [1.165, 1.54) is 0 Å². The molecule has 1 aliphatic rings. The van der Waals surface area contributed by atoms with E-state index in [-0.39, 0.29) is 11.9 Å². The highest BCUT2D eigenvalue weighted by Crippen LogP contribution is 2.28. The van der Waals surface area contributed by atoms with Crippen LogP contribution in [-0.4, -0.2) is 69.8 Å². The number of para-hydroxylation sites is 1. The monoisotopic (exact) mass is 493 g/mol. The number of furan rings is 1. The van der Waals surface area contributed by atoms with Crippen LogP contribution in [0, 0.1) is 0 Å². The number of rotatable bonds is 7. The fourth-order valence-electron chi connectivity index (χ4n) is 4.31. The predicted octanol–water partition coefficient (Wildman–Crippen LogP) is 4.76. The first-order valence-electron chi connectivity index (χ1n) is 11.8. The topological polar surface area (TPSA) is 76.6 Å². The maximum atomic E-state index is 13.6. The number of pyridine rings is 1. The Bertz CT molecular complexity index is 1310. The van der Waals surface area contributed by atoms with Crippen molar-refractivity contribution in [2.75, 3.05) is 39.3 Å². The summed E-state index contributed by atoms with van der Waals surface area (Å²) in [6, 6.07) is 13.1. The third-order valence-corrected chi connectivity index (χ3v) is 6.53. The molecule has 9 heteroatoms. The highest BCUT2D eigenvalue weighted by Gasteiger charge is 2.26. The number of nitrogens with zero attached hydrogens (tertiary/aromatic N) is 5. The molecule has 182 valence electrons. The summed E-state index contributed by atoms with van der Waals surface area (Å²) in [5, 5.41) is 5.87. The summed E-state index contributed by atoms with van der Waals surface area (Å²) in [5.74, 6) is 1.31. The molecular formula is C26H28ClN5O3. The van der Waals surface area contributed by atoms with Gasteiger partial charge in [-0.05, 0) is 44.2 Å². The van der Waals surface area contributed by atoms with Crippen LogP contribution in [0.3, 0.4) is 0 Å². The van der Waals surface area contributed by atoms with Gasteiger partial charge in [0.15, 0.2) is 11.4 Å². The lowest BCUT2D eigenvalue weighted by Gasteiger charge is -2.34. The van der Waals surface area contributed by atoms with Crippen molar-refractivity contribution >= 4 is 28.5 Å². The molecule has 0 radical (unpaired) electrons. The third kappa shape index (κ3) is 4.90. The Morgan fingerprint density at radius 3 is 2.66 bits per heavy atom. The first-order chi connectivity index (χ1) is 17.0. The molecule has 35 heavy (non-hydrogen) atoms. The van der Waals surface area contributed by atoms with Crippen molar-refractivity contribution in [3.8, 4) is 17.2 Å². The number of benzene rings is 1. The number of aromatic nitrogens is 3. The molecule has 4 heterocycles. The predicted molar refractivity (Wildman–Crippen MR) is 135 cm³/mol. The van der Waals surface area contributed by atoms with Crippen molar-refractivity contribution in [3.05, 3.63) is 65.5 Å². The number of carbonyl (C=O) groups is 1. The molecule has 0 unspecified atom stereocenters. The van der Waals surface area contributed by atoms with Crippen LogP contribution >= 0.6 is 11.6 Å². The van der Waals surface area contributed by atoms with Gasteiger partial charge in [0.2, 0.25) is 0 Å². The van der Waals surface area contributed by atoms with Gasteiger partial charge in [-0.1, -0.05) is 23.7 Å². The number of halogens is 1. The number of amides is 1. The van der Waals surface area contributed by atoms with Gasteiger partial charge in [-0.3, -0.25) is 9.69 Å². The number of carbonyl (C=O) groups excluding carboxylic acids is 1. The second-order valence-electron chi connectivity index (χ2n) is 8.87. The molecule has 1 amide bonds. The summed E-state index contributed by atoms with van der Waals surface area (Å²) in [7, 11) is 0. The van der Waals surface area contributed by atoms with E-state index >= 15 is 0 Å². The minimum atomic E-state index is -0.0134. The summed E-state index contributed by atoms with van der Waals surface area (Å²) < 4.78 is 13.2. The minimum absolute atomic E-state index is 0.0134. The molecule has 8 nitrogen and oxygen atoms in total. The zero-order chi connectivity index (χ0) is 24.4. The van der Waals surface area contributed by atoms with Crippen molar-refractivity contribution in [2.45, 2.75) is 19.9 Å². The summed E-state index contributed by atoms with van der Waals surface area (Å²) in [4.78, 5) is 22.6. The number of fused-ring (bicyclic) bond motifs is 1. The zero-order valence-electron chi connectivity index (χ0n) is 19.9. The van der Waals surface area contributed by atoms with Crippen LogP contribution in [0.2, 0.25) is 5.02 Å². The van der Waals surface area contributed by atoms with Gasteiger partial charge in [0.1, 0.15) is 18.1 Å². The SMILES string of the molecule is CC(C)n1ncc2c(C(=O)N3CCN(CCOc4ccccc4Cl)CC3)cc(-c3ccco3)nc21. The van der Waals surface area contributed by atoms with Crippen molar-refractivity contribution in [1.29, 1.82) is 0 Å². The van der Waals surface area contributed by atoms with E-state index < -0.39 is 0 Å². The Morgan fingerprint density at radius 1 is 1.14 bits per heavy atom. The molecule has 0 aliphatic carbocycles. The molecule has 5 rings (SSSR count). The quantitative estimate of drug-likeness (QED) is 0.369. The van der Waals surface area contributed by atoms with Crippen LogP contribution in [0.25, 0.3) is 22.5 Å². The molecule has 0 bridgehead atoms. The van der Waals surface area contributed by atoms with Crippen LogP contribution in [0.15, 0.2) is 59.3 Å². The van der Waals surface area contributed by atoms with E-state index in [2.05, 4.69) is 10.00 Å². The first-order valence-corrected chi connectivity index (χ1v) is 12.2. The van der Waals surface area contributed by atoms with Crippen LogP contribution in [0.5, 0.6) is 5.75 Å². The largest absolute Gasteiger partial charge is 0.491 e. The van der Waals surface area contributed by atoms with E-state index in [1.807, 2.05) is 65.9 Å². The smallest absolute Gasteiger partial charge is 0.254 e. The van der Waals surface area contributed by atoms with E-state index in [9.17, 15) is 4.79 Å². The van der Waals surface area contributed by atoms with E-state index in [0.717, 1.165) is 25.0 Å². The van der Waals surface area contributed by atoms with Crippen molar-refractivity contribution in [2.24, 2.45) is 0 Å². The molecule has 0 N–H and O–H groups in total. The molecule has 0 saturated carbocycles. The zero-order valence-corrected chi connectivity index (χ0v) is 20.6. The Kier molecular flexibility index (Phi) is 6.74. The average molecular weight is 494 g/mol. The summed E-state index contributed by atoms with van der Waals surface area (Å²) in [5.41, 5.74) is 1.92. The van der Waals surface area contributed by atoms with Crippen LogP contribution in [0.1, 0.15) is 30.2 Å². The highest BCUT2D eigenvalue weighted by atomic mass is 35.5. The van der Waals surface area contributed by atoms with Gasteiger partial charge in [-0.15, -0.1) is 0 Å². The molecule has 1 fully saturated rings. The Labute approximate surface area is 209 Å². The Balaban J connectivity index is 1.29. The molecule has 1 aliphatic heterocycles.